The summed E-state index contributed by atoms with van der Waals surface area (Å²) in [6, 6.07) is 6.34. The van der Waals surface area contributed by atoms with Crippen molar-refractivity contribution in [2.75, 3.05) is 38.1 Å². The summed E-state index contributed by atoms with van der Waals surface area (Å²) in [5.41, 5.74) is 8.21. The lowest BCUT2D eigenvalue weighted by Gasteiger charge is -2.34. The van der Waals surface area contributed by atoms with Gasteiger partial charge in [-0.05, 0) is 45.0 Å². The highest BCUT2D eigenvalue weighted by molar-refractivity contribution is 6.33. The number of halogens is 1. The van der Waals surface area contributed by atoms with E-state index in [9.17, 15) is 0 Å². The fraction of sp³-hybridized carbons (Fsp3) is 0.600. The number of piperazine rings is 1. The third-order valence-corrected chi connectivity index (χ3v) is 3.82. The van der Waals surface area contributed by atoms with Crippen LogP contribution in [0.4, 0.5) is 5.69 Å². The van der Waals surface area contributed by atoms with E-state index in [1.807, 2.05) is 13.8 Å². The summed E-state index contributed by atoms with van der Waals surface area (Å²) in [6.07, 6.45) is 0.843. The van der Waals surface area contributed by atoms with Crippen LogP contribution in [0.2, 0.25) is 5.02 Å². The van der Waals surface area contributed by atoms with Gasteiger partial charge in [0.05, 0.1) is 10.7 Å². The molecule has 0 spiro atoms. The van der Waals surface area contributed by atoms with E-state index in [0.29, 0.717) is 0 Å². The van der Waals surface area contributed by atoms with Gasteiger partial charge < -0.3 is 15.5 Å². The van der Waals surface area contributed by atoms with Crippen LogP contribution in [0.1, 0.15) is 19.4 Å². The van der Waals surface area contributed by atoms with Gasteiger partial charge in [0.1, 0.15) is 0 Å². The molecule has 0 aromatic heterocycles. The van der Waals surface area contributed by atoms with E-state index in [1.54, 1.807) is 0 Å². The molecule has 2 rings (SSSR count). The van der Waals surface area contributed by atoms with E-state index in [2.05, 4.69) is 35.0 Å². The zero-order chi connectivity index (χ0) is 14.0. The van der Waals surface area contributed by atoms with Gasteiger partial charge in [-0.25, -0.2) is 0 Å². The number of hydrogen-bond donors (Lipinski definition) is 1. The predicted molar refractivity (Wildman–Crippen MR) is 83.1 cm³/mol. The molecular weight excluding hydrogens is 258 g/mol. The average Bonchev–Trinajstić information content (AvgIpc) is 2.29. The molecular formula is C15H24ClN3. The largest absolute Gasteiger partial charge is 0.368 e. The van der Waals surface area contributed by atoms with E-state index in [0.717, 1.165) is 43.3 Å². The molecule has 1 aliphatic rings. The lowest BCUT2D eigenvalue weighted by Crippen LogP contribution is -2.44. The molecule has 0 saturated carbocycles. The highest BCUT2D eigenvalue weighted by Crippen LogP contribution is 2.28. The van der Waals surface area contributed by atoms with Gasteiger partial charge >= 0.3 is 0 Å². The van der Waals surface area contributed by atoms with Crippen LogP contribution in [-0.2, 0) is 6.42 Å². The van der Waals surface area contributed by atoms with Crippen LogP contribution >= 0.6 is 11.6 Å². The van der Waals surface area contributed by atoms with Gasteiger partial charge in [-0.15, -0.1) is 0 Å². The zero-order valence-electron chi connectivity index (χ0n) is 12.1. The minimum absolute atomic E-state index is 0.196. The lowest BCUT2D eigenvalue weighted by molar-refractivity contribution is 0.313. The van der Waals surface area contributed by atoms with Crippen LogP contribution in [0.3, 0.4) is 0 Å². The molecule has 19 heavy (non-hydrogen) atoms. The van der Waals surface area contributed by atoms with Crippen LogP contribution in [0.15, 0.2) is 18.2 Å². The van der Waals surface area contributed by atoms with Gasteiger partial charge in [-0.3, -0.25) is 0 Å². The average molecular weight is 282 g/mol. The number of nitrogens with zero attached hydrogens (tertiary/aromatic N) is 2. The summed E-state index contributed by atoms with van der Waals surface area (Å²) >= 11 is 6.43. The first kappa shape index (κ1) is 14.6. The quantitative estimate of drug-likeness (QED) is 0.923. The Morgan fingerprint density at radius 1 is 1.21 bits per heavy atom. The first-order chi connectivity index (χ1) is 8.85. The first-order valence-corrected chi connectivity index (χ1v) is 7.24. The van der Waals surface area contributed by atoms with Crippen molar-refractivity contribution in [3.63, 3.8) is 0 Å². The molecule has 1 heterocycles. The monoisotopic (exact) mass is 281 g/mol. The van der Waals surface area contributed by atoms with Crippen molar-refractivity contribution in [2.45, 2.75) is 25.8 Å². The second-order valence-electron chi connectivity index (χ2n) is 6.24. The van der Waals surface area contributed by atoms with Gasteiger partial charge in [0.2, 0.25) is 0 Å². The van der Waals surface area contributed by atoms with E-state index in [-0.39, 0.29) is 5.54 Å². The highest BCUT2D eigenvalue weighted by Gasteiger charge is 2.18. The minimum atomic E-state index is -0.196. The van der Waals surface area contributed by atoms with Crippen LogP contribution in [0.5, 0.6) is 0 Å². The maximum absolute atomic E-state index is 6.43. The minimum Gasteiger partial charge on any atom is -0.368 e. The molecule has 0 aliphatic carbocycles. The molecule has 0 bridgehead atoms. The Morgan fingerprint density at radius 3 is 2.37 bits per heavy atom. The topological polar surface area (TPSA) is 32.5 Å². The lowest BCUT2D eigenvalue weighted by atomic mass is 9.96. The van der Waals surface area contributed by atoms with Crippen molar-refractivity contribution >= 4 is 17.3 Å². The number of hydrogen-bond acceptors (Lipinski definition) is 3. The standard InChI is InChI=1S/C15H24ClN3/c1-15(2,17)11-12-4-5-14(13(16)10-12)19-8-6-18(3)7-9-19/h4-5,10H,6-9,11,17H2,1-3H3. The van der Waals surface area contributed by atoms with Crippen molar-refractivity contribution in [3.05, 3.63) is 28.8 Å². The molecule has 1 saturated heterocycles. The second-order valence-corrected chi connectivity index (χ2v) is 6.65. The fourth-order valence-electron chi connectivity index (χ4n) is 2.49. The molecule has 0 unspecified atom stereocenters. The van der Waals surface area contributed by atoms with E-state index < -0.39 is 0 Å². The van der Waals surface area contributed by atoms with Gasteiger partial charge in [0, 0.05) is 31.7 Å². The van der Waals surface area contributed by atoms with Crippen molar-refractivity contribution in [1.29, 1.82) is 0 Å². The number of benzene rings is 1. The molecule has 0 amide bonds. The Hall–Kier alpha value is -0.770. The number of anilines is 1. The van der Waals surface area contributed by atoms with Crippen molar-refractivity contribution in [1.82, 2.24) is 4.90 Å². The molecule has 2 N–H and O–H groups in total. The summed E-state index contributed by atoms with van der Waals surface area (Å²) in [5, 5.41) is 0.839. The van der Waals surface area contributed by atoms with E-state index in [4.69, 9.17) is 17.3 Å². The van der Waals surface area contributed by atoms with Crippen molar-refractivity contribution in [2.24, 2.45) is 5.73 Å². The van der Waals surface area contributed by atoms with Crippen LogP contribution in [0, 0.1) is 0 Å². The van der Waals surface area contributed by atoms with Gasteiger partial charge in [-0.2, -0.15) is 0 Å². The maximum Gasteiger partial charge on any atom is 0.0642 e. The summed E-state index contributed by atoms with van der Waals surface area (Å²) in [4.78, 5) is 4.70. The summed E-state index contributed by atoms with van der Waals surface area (Å²) in [7, 11) is 2.16. The third-order valence-electron chi connectivity index (χ3n) is 3.52. The van der Waals surface area contributed by atoms with Crippen molar-refractivity contribution in [3.8, 4) is 0 Å². The zero-order valence-corrected chi connectivity index (χ0v) is 12.9. The molecule has 0 atom stereocenters. The second kappa shape index (κ2) is 5.70. The highest BCUT2D eigenvalue weighted by atomic mass is 35.5. The molecule has 4 heteroatoms. The van der Waals surface area contributed by atoms with E-state index >= 15 is 0 Å². The van der Waals surface area contributed by atoms with Crippen molar-refractivity contribution < 1.29 is 0 Å². The van der Waals surface area contributed by atoms with Gasteiger partial charge in [0.25, 0.3) is 0 Å². The fourth-order valence-corrected chi connectivity index (χ4v) is 2.81. The third kappa shape index (κ3) is 4.10. The van der Waals surface area contributed by atoms with Gasteiger partial charge in [0.15, 0.2) is 0 Å². The summed E-state index contributed by atoms with van der Waals surface area (Å²) in [5.74, 6) is 0. The Balaban J connectivity index is 2.11. The normalized spacial score (nSPS) is 17.8. The smallest absolute Gasteiger partial charge is 0.0642 e. The molecule has 1 aliphatic heterocycles. The summed E-state index contributed by atoms with van der Waals surface area (Å²) < 4.78 is 0. The Morgan fingerprint density at radius 2 is 1.84 bits per heavy atom. The van der Waals surface area contributed by atoms with Crippen LogP contribution in [-0.4, -0.2) is 43.7 Å². The molecule has 1 aromatic rings. The Kier molecular flexibility index (Phi) is 4.39. The number of nitrogens with two attached hydrogens (primary N) is 1. The first-order valence-electron chi connectivity index (χ1n) is 6.86. The number of likely N-dealkylation sites (N-methyl/N-ethyl adjacent to an activating group) is 1. The molecule has 106 valence electrons. The van der Waals surface area contributed by atoms with Crippen LogP contribution in [0.25, 0.3) is 0 Å². The van der Waals surface area contributed by atoms with E-state index in [1.165, 1.54) is 5.56 Å². The SMILES string of the molecule is CN1CCN(c2ccc(CC(C)(C)N)cc2Cl)CC1. The molecule has 0 radical (unpaired) electrons. The Bertz CT molecular complexity index is 432. The maximum atomic E-state index is 6.43. The molecule has 3 nitrogen and oxygen atoms in total. The number of rotatable bonds is 3. The Labute approximate surface area is 121 Å². The molecule has 1 aromatic carbocycles. The van der Waals surface area contributed by atoms with Crippen LogP contribution < -0.4 is 10.6 Å². The predicted octanol–water partition coefficient (Wildman–Crippen LogP) is 2.37. The summed E-state index contributed by atoms with van der Waals surface area (Å²) in [6.45, 7) is 8.34. The molecule has 1 fully saturated rings. The van der Waals surface area contributed by atoms with Gasteiger partial charge in [-0.1, -0.05) is 17.7 Å².